The van der Waals surface area contributed by atoms with Gasteiger partial charge in [-0.15, -0.1) is 11.3 Å². The molecular weight excluding hydrogens is 380 g/mol. The smallest absolute Gasteiger partial charge is 0.289 e. The van der Waals surface area contributed by atoms with Crippen LogP contribution in [0, 0.1) is 5.92 Å². The standard InChI is InChI=1S/C19H20N4O4S/c1-2-13-9-14-17(28-13)20-11-23(18(14)25)21-16(24)12-5-3-7-22(10-12)19(26)15-6-4-8-27-15/h4,6,8-9,11-12H,2-3,5,7,10H2,1H3,(H,21,24)/t12-/m0/s1. The van der Waals surface area contributed by atoms with Gasteiger partial charge in [-0.3, -0.25) is 19.8 Å². The Labute approximate surface area is 164 Å². The molecule has 8 nitrogen and oxygen atoms in total. The summed E-state index contributed by atoms with van der Waals surface area (Å²) in [6.45, 7) is 2.88. The first kappa shape index (κ1) is 18.4. The number of fused-ring (bicyclic) bond motifs is 1. The van der Waals surface area contributed by atoms with Gasteiger partial charge in [-0.05, 0) is 37.5 Å². The number of rotatable bonds is 4. The van der Waals surface area contributed by atoms with Gasteiger partial charge < -0.3 is 9.32 Å². The molecule has 146 valence electrons. The summed E-state index contributed by atoms with van der Waals surface area (Å²) in [7, 11) is 0. The second-order valence-corrected chi connectivity index (χ2v) is 7.86. The lowest BCUT2D eigenvalue weighted by Crippen LogP contribution is -2.46. The first-order chi connectivity index (χ1) is 13.6. The van der Waals surface area contributed by atoms with Crippen LogP contribution < -0.4 is 11.0 Å². The number of carbonyl (C=O) groups is 2. The lowest BCUT2D eigenvalue weighted by Gasteiger charge is -2.31. The molecule has 0 radical (unpaired) electrons. The number of thiophene rings is 1. The quantitative estimate of drug-likeness (QED) is 0.724. The minimum absolute atomic E-state index is 0.229. The normalized spacial score (nSPS) is 17.0. The van der Waals surface area contributed by atoms with Crippen LogP contribution in [0.5, 0.6) is 0 Å². The van der Waals surface area contributed by atoms with Crippen LogP contribution in [0.15, 0.2) is 40.0 Å². The number of likely N-dealkylation sites (tertiary alicyclic amines) is 1. The monoisotopic (exact) mass is 400 g/mol. The predicted octanol–water partition coefficient (Wildman–Crippen LogP) is 2.24. The van der Waals surface area contributed by atoms with Gasteiger partial charge >= 0.3 is 0 Å². The summed E-state index contributed by atoms with van der Waals surface area (Å²) >= 11 is 1.48. The van der Waals surface area contributed by atoms with Crippen LogP contribution in [0.3, 0.4) is 0 Å². The number of piperidine rings is 1. The van der Waals surface area contributed by atoms with Gasteiger partial charge in [0, 0.05) is 18.0 Å². The van der Waals surface area contributed by atoms with Gasteiger partial charge in [0.15, 0.2) is 5.76 Å². The molecule has 0 aromatic carbocycles. The second kappa shape index (κ2) is 7.59. The molecule has 3 aromatic heterocycles. The molecule has 28 heavy (non-hydrogen) atoms. The molecule has 9 heteroatoms. The Hall–Kier alpha value is -2.94. The zero-order chi connectivity index (χ0) is 19.7. The van der Waals surface area contributed by atoms with Gasteiger partial charge in [-0.25, -0.2) is 9.66 Å². The molecule has 1 atom stereocenters. The molecule has 1 aliphatic rings. The molecule has 1 aliphatic heterocycles. The summed E-state index contributed by atoms with van der Waals surface area (Å²) in [4.78, 5) is 45.4. The van der Waals surface area contributed by atoms with Crippen LogP contribution >= 0.6 is 11.3 Å². The third-order valence-electron chi connectivity index (χ3n) is 4.89. The van der Waals surface area contributed by atoms with Gasteiger partial charge in [-0.2, -0.15) is 0 Å². The van der Waals surface area contributed by atoms with Crippen molar-refractivity contribution < 1.29 is 14.0 Å². The molecule has 0 aliphatic carbocycles. The van der Waals surface area contributed by atoms with Crippen molar-refractivity contribution in [1.29, 1.82) is 0 Å². The van der Waals surface area contributed by atoms with Crippen LogP contribution in [0.1, 0.15) is 35.2 Å². The summed E-state index contributed by atoms with van der Waals surface area (Å²) in [5.74, 6) is -0.667. The summed E-state index contributed by atoms with van der Waals surface area (Å²) in [5, 5.41) is 0.503. The van der Waals surface area contributed by atoms with E-state index in [1.807, 2.05) is 13.0 Å². The van der Waals surface area contributed by atoms with Gasteiger partial charge in [0.2, 0.25) is 5.91 Å². The predicted molar refractivity (Wildman–Crippen MR) is 105 cm³/mol. The number of aromatic nitrogens is 2. The van der Waals surface area contributed by atoms with Gasteiger partial charge in [-0.1, -0.05) is 6.92 Å². The molecule has 0 spiro atoms. The number of hydrogen-bond acceptors (Lipinski definition) is 6. The van der Waals surface area contributed by atoms with Crippen LogP contribution in [-0.4, -0.2) is 39.5 Å². The van der Waals surface area contributed by atoms with E-state index >= 15 is 0 Å². The fourth-order valence-electron chi connectivity index (χ4n) is 3.37. The van der Waals surface area contributed by atoms with Crippen molar-refractivity contribution in [2.45, 2.75) is 26.2 Å². The molecule has 2 amide bonds. The highest BCUT2D eigenvalue weighted by Gasteiger charge is 2.30. The Morgan fingerprint density at radius 3 is 3.04 bits per heavy atom. The summed E-state index contributed by atoms with van der Waals surface area (Å²) in [5.41, 5.74) is 2.34. The second-order valence-electron chi connectivity index (χ2n) is 6.75. The highest BCUT2D eigenvalue weighted by molar-refractivity contribution is 7.18. The molecule has 4 heterocycles. The average molecular weight is 400 g/mol. The Balaban J connectivity index is 1.49. The van der Waals surface area contributed by atoms with E-state index in [0.717, 1.165) is 16.0 Å². The fourth-order valence-corrected chi connectivity index (χ4v) is 4.29. The SMILES string of the molecule is CCc1cc2c(=O)n(NC(=O)[C@H]3CCCN(C(=O)c4ccco4)C3)cnc2s1. The molecule has 0 saturated carbocycles. The average Bonchev–Trinajstić information content (AvgIpc) is 3.39. The number of furan rings is 1. The minimum Gasteiger partial charge on any atom is -0.459 e. The lowest BCUT2D eigenvalue weighted by atomic mass is 9.97. The topological polar surface area (TPSA) is 97.4 Å². The summed E-state index contributed by atoms with van der Waals surface area (Å²) < 4.78 is 6.29. The molecule has 0 bridgehead atoms. The first-order valence-corrected chi connectivity index (χ1v) is 10.0. The Morgan fingerprint density at radius 2 is 2.29 bits per heavy atom. The van der Waals surface area contributed by atoms with Crippen molar-refractivity contribution in [3.05, 3.63) is 51.8 Å². The largest absolute Gasteiger partial charge is 0.459 e. The van der Waals surface area contributed by atoms with Gasteiger partial charge in [0.05, 0.1) is 17.6 Å². The number of nitrogens with zero attached hydrogens (tertiary/aromatic N) is 3. The van der Waals surface area contributed by atoms with Crippen molar-refractivity contribution in [2.24, 2.45) is 5.92 Å². The van der Waals surface area contributed by atoms with Crippen LogP contribution in [-0.2, 0) is 11.2 Å². The van der Waals surface area contributed by atoms with Crippen molar-refractivity contribution in [3.63, 3.8) is 0 Å². The van der Waals surface area contributed by atoms with Gasteiger partial charge in [0.1, 0.15) is 11.2 Å². The molecule has 0 unspecified atom stereocenters. The molecule has 1 N–H and O–H groups in total. The van der Waals surface area contributed by atoms with Crippen molar-refractivity contribution in [2.75, 3.05) is 18.5 Å². The number of aryl methyl sites for hydroxylation is 1. The first-order valence-electron chi connectivity index (χ1n) is 9.20. The van der Waals surface area contributed by atoms with Crippen LogP contribution in [0.25, 0.3) is 10.2 Å². The summed E-state index contributed by atoms with van der Waals surface area (Å²) in [6, 6.07) is 5.09. The molecular formula is C19H20N4O4S. The van der Waals surface area contributed by atoms with E-state index in [0.29, 0.717) is 29.6 Å². The zero-order valence-corrected chi connectivity index (χ0v) is 16.2. The summed E-state index contributed by atoms with van der Waals surface area (Å²) in [6.07, 6.45) is 4.98. The Kier molecular flexibility index (Phi) is 4.99. The highest BCUT2D eigenvalue weighted by Crippen LogP contribution is 2.21. The van der Waals surface area contributed by atoms with E-state index in [2.05, 4.69) is 10.4 Å². The van der Waals surface area contributed by atoms with E-state index in [-0.39, 0.29) is 29.7 Å². The zero-order valence-electron chi connectivity index (χ0n) is 15.4. The third kappa shape index (κ3) is 3.45. The Morgan fingerprint density at radius 1 is 1.43 bits per heavy atom. The fraction of sp³-hybridized carbons (Fsp3) is 0.368. The van der Waals surface area contributed by atoms with Gasteiger partial charge in [0.25, 0.3) is 11.5 Å². The maximum atomic E-state index is 12.7. The van der Waals surface area contributed by atoms with Crippen molar-refractivity contribution >= 4 is 33.4 Å². The molecule has 4 rings (SSSR count). The van der Waals surface area contributed by atoms with E-state index in [9.17, 15) is 14.4 Å². The van der Waals surface area contributed by atoms with Crippen LogP contribution in [0.4, 0.5) is 0 Å². The molecule has 1 fully saturated rings. The third-order valence-corrected chi connectivity index (χ3v) is 6.08. The number of amides is 2. The number of nitrogens with one attached hydrogen (secondary N) is 1. The van der Waals surface area contributed by atoms with E-state index in [4.69, 9.17) is 4.42 Å². The number of carbonyl (C=O) groups excluding carboxylic acids is 2. The lowest BCUT2D eigenvalue weighted by molar-refractivity contribution is -0.122. The Bertz CT molecular complexity index is 1070. The minimum atomic E-state index is -0.399. The maximum absolute atomic E-state index is 12.7. The highest BCUT2D eigenvalue weighted by atomic mass is 32.1. The van der Waals surface area contributed by atoms with Crippen molar-refractivity contribution in [1.82, 2.24) is 14.6 Å². The van der Waals surface area contributed by atoms with E-state index in [1.165, 1.54) is 23.9 Å². The van der Waals surface area contributed by atoms with E-state index < -0.39 is 5.92 Å². The maximum Gasteiger partial charge on any atom is 0.289 e. The van der Waals surface area contributed by atoms with Crippen molar-refractivity contribution in [3.8, 4) is 0 Å². The molecule has 3 aromatic rings. The molecule has 1 saturated heterocycles. The van der Waals surface area contributed by atoms with Crippen LogP contribution in [0.2, 0.25) is 0 Å². The van der Waals surface area contributed by atoms with E-state index in [1.54, 1.807) is 17.0 Å². The number of hydrogen-bond donors (Lipinski definition) is 1.